The smallest absolute Gasteiger partial charge is 0.309 e. The predicted molar refractivity (Wildman–Crippen MR) is 105 cm³/mol. The molecule has 0 spiro atoms. The molecule has 0 bridgehead atoms. The largest absolute Gasteiger partial charge is 0.493 e. The molecule has 0 unspecified atom stereocenters. The van der Waals surface area contributed by atoms with Gasteiger partial charge in [-0.1, -0.05) is 24.3 Å². The van der Waals surface area contributed by atoms with Gasteiger partial charge in [0.05, 0.1) is 18.4 Å². The topological polar surface area (TPSA) is 68.5 Å². The fourth-order valence-electron chi connectivity index (χ4n) is 3.96. The molecule has 0 radical (unpaired) electrons. The summed E-state index contributed by atoms with van der Waals surface area (Å²) in [7, 11) is 1.65. The lowest BCUT2D eigenvalue weighted by Gasteiger charge is -2.21. The molecule has 0 saturated heterocycles. The average Bonchev–Trinajstić information content (AvgIpc) is 2.65. The number of rotatable bonds is 3. The minimum absolute atomic E-state index is 0.163. The van der Waals surface area contributed by atoms with Gasteiger partial charge in [-0.05, 0) is 54.0 Å². The van der Waals surface area contributed by atoms with E-state index >= 15 is 0 Å². The normalized spacial score (nSPS) is 13.3. The van der Waals surface area contributed by atoms with Crippen LogP contribution in [0.15, 0.2) is 41.2 Å². The van der Waals surface area contributed by atoms with Gasteiger partial charge in [0.2, 0.25) is 0 Å². The number of ether oxygens (including phenoxy) is 1. The quantitative estimate of drug-likeness (QED) is 0.774. The number of aromatic nitrogens is 1. The molecule has 3 aromatic rings. The zero-order valence-electron chi connectivity index (χ0n) is 15.4. The molecule has 1 aliphatic rings. The molecular weight excluding hydrogens is 342 g/mol. The molecule has 5 nitrogen and oxygen atoms in total. The summed E-state index contributed by atoms with van der Waals surface area (Å²) >= 11 is 0. The van der Waals surface area contributed by atoms with Crippen LogP contribution < -0.4 is 10.3 Å². The van der Waals surface area contributed by atoms with Crippen molar-refractivity contribution < 1.29 is 14.6 Å². The lowest BCUT2D eigenvalue weighted by molar-refractivity contribution is -0.136. The van der Waals surface area contributed by atoms with Crippen LogP contribution in [0.2, 0.25) is 0 Å². The number of pyridine rings is 1. The molecule has 2 heterocycles. The van der Waals surface area contributed by atoms with Crippen molar-refractivity contribution in [2.75, 3.05) is 6.61 Å². The van der Waals surface area contributed by atoms with Crippen molar-refractivity contribution in [1.82, 2.24) is 4.57 Å². The minimum Gasteiger partial charge on any atom is -0.493 e. The van der Waals surface area contributed by atoms with E-state index in [1.165, 1.54) is 4.57 Å². The van der Waals surface area contributed by atoms with Gasteiger partial charge in [-0.15, -0.1) is 0 Å². The Morgan fingerprint density at radius 3 is 2.85 bits per heavy atom. The van der Waals surface area contributed by atoms with E-state index in [0.29, 0.717) is 11.1 Å². The van der Waals surface area contributed by atoms with E-state index in [4.69, 9.17) is 4.74 Å². The summed E-state index contributed by atoms with van der Waals surface area (Å²) in [6, 6.07) is 11.7. The third-order valence-corrected chi connectivity index (χ3v) is 5.27. The lowest BCUT2D eigenvalue weighted by atomic mass is 9.92. The SMILES string of the molecule is Cc1cccc2c(-c3ccc4c(c3)CCCO4)c(CC(=O)O)n(C)c(=O)c12. The molecule has 4 rings (SSSR count). The summed E-state index contributed by atoms with van der Waals surface area (Å²) in [5.41, 5.74) is 4.09. The van der Waals surface area contributed by atoms with Gasteiger partial charge < -0.3 is 14.4 Å². The van der Waals surface area contributed by atoms with Crippen molar-refractivity contribution in [2.24, 2.45) is 7.05 Å². The van der Waals surface area contributed by atoms with Crippen LogP contribution in [0.3, 0.4) is 0 Å². The molecule has 0 atom stereocenters. The third-order valence-electron chi connectivity index (χ3n) is 5.27. The molecule has 0 saturated carbocycles. The number of aryl methyl sites for hydroxylation is 2. The van der Waals surface area contributed by atoms with E-state index in [0.717, 1.165) is 52.8 Å². The van der Waals surface area contributed by atoms with Crippen molar-refractivity contribution in [3.63, 3.8) is 0 Å². The highest BCUT2D eigenvalue weighted by atomic mass is 16.5. The molecule has 5 heteroatoms. The van der Waals surface area contributed by atoms with Gasteiger partial charge >= 0.3 is 5.97 Å². The van der Waals surface area contributed by atoms with Crippen molar-refractivity contribution in [1.29, 1.82) is 0 Å². The Morgan fingerprint density at radius 2 is 2.07 bits per heavy atom. The van der Waals surface area contributed by atoms with E-state index in [9.17, 15) is 14.7 Å². The highest BCUT2D eigenvalue weighted by Crippen LogP contribution is 2.35. The third kappa shape index (κ3) is 2.89. The highest BCUT2D eigenvalue weighted by molar-refractivity contribution is 5.99. The van der Waals surface area contributed by atoms with E-state index in [-0.39, 0.29) is 12.0 Å². The first kappa shape index (κ1) is 17.3. The summed E-state index contributed by atoms with van der Waals surface area (Å²) in [6.45, 7) is 2.63. The molecule has 0 aliphatic carbocycles. The Morgan fingerprint density at radius 1 is 1.26 bits per heavy atom. The van der Waals surface area contributed by atoms with Gasteiger partial charge in [0, 0.05) is 18.3 Å². The van der Waals surface area contributed by atoms with Gasteiger partial charge in [-0.2, -0.15) is 0 Å². The Labute approximate surface area is 156 Å². The predicted octanol–water partition coefficient (Wildman–Crippen LogP) is 3.47. The van der Waals surface area contributed by atoms with Gasteiger partial charge in [0.15, 0.2) is 0 Å². The first-order valence-corrected chi connectivity index (χ1v) is 9.06. The number of carboxylic acids is 1. The second-order valence-corrected chi connectivity index (χ2v) is 7.03. The number of benzene rings is 2. The van der Waals surface area contributed by atoms with Crippen molar-refractivity contribution in [2.45, 2.75) is 26.2 Å². The monoisotopic (exact) mass is 363 g/mol. The molecule has 138 valence electrons. The van der Waals surface area contributed by atoms with Crippen molar-refractivity contribution in [3.8, 4) is 16.9 Å². The first-order valence-electron chi connectivity index (χ1n) is 9.06. The summed E-state index contributed by atoms with van der Waals surface area (Å²) in [4.78, 5) is 24.4. The molecule has 2 aromatic carbocycles. The fraction of sp³-hybridized carbons (Fsp3) is 0.273. The summed E-state index contributed by atoms with van der Waals surface area (Å²) in [6.07, 6.45) is 1.68. The zero-order valence-corrected chi connectivity index (χ0v) is 15.4. The number of carboxylic acid groups (broad SMARTS) is 1. The number of hydrogen-bond acceptors (Lipinski definition) is 3. The maximum atomic E-state index is 12.9. The Bertz CT molecular complexity index is 1130. The molecule has 1 N–H and O–H groups in total. The second kappa shape index (κ2) is 6.58. The standard InChI is InChI=1S/C22H21NO4/c1-13-5-3-7-16-20(13)22(26)23(2)17(12-19(24)25)21(16)15-8-9-18-14(11-15)6-4-10-27-18/h3,5,7-9,11H,4,6,10,12H2,1-2H3,(H,24,25). The number of nitrogens with zero attached hydrogens (tertiary/aromatic N) is 1. The van der Waals surface area contributed by atoms with Crippen LogP contribution in [0.5, 0.6) is 5.75 Å². The molecule has 27 heavy (non-hydrogen) atoms. The van der Waals surface area contributed by atoms with E-state index in [1.807, 2.05) is 37.3 Å². The Balaban J connectivity index is 2.09. The van der Waals surface area contributed by atoms with Crippen LogP contribution in [0.25, 0.3) is 21.9 Å². The van der Waals surface area contributed by atoms with E-state index in [1.54, 1.807) is 7.05 Å². The van der Waals surface area contributed by atoms with Crippen LogP contribution in [0, 0.1) is 6.92 Å². The fourth-order valence-corrected chi connectivity index (χ4v) is 3.96. The van der Waals surface area contributed by atoms with Crippen LogP contribution in [0.1, 0.15) is 23.2 Å². The van der Waals surface area contributed by atoms with Gasteiger partial charge in [0.25, 0.3) is 5.56 Å². The van der Waals surface area contributed by atoms with Crippen LogP contribution in [-0.2, 0) is 24.7 Å². The summed E-state index contributed by atoms with van der Waals surface area (Å²) < 4.78 is 7.19. The van der Waals surface area contributed by atoms with Gasteiger partial charge in [0.1, 0.15) is 5.75 Å². The summed E-state index contributed by atoms with van der Waals surface area (Å²) in [5, 5.41) is 10.9. The zero-order chi connectivity index (χ0) is 19.1. The highest BCUT2D eigenvalue weighted by Gasteiger charge is 2.21. The van der Waals surface area contributed by atoms with Gasteiger partial charge in [-0.3, -0.25) is 9.59 Å². The minimum atomic E-state index is -0.959. The number of fused-ring (bicyclic) bond motifs is 2. The number of hydrogen-bond donors (Lipinski definition) is 1. The maximum Gasteiger partial charge on any atom is 0.309 e. The van der Waals surface area contributed by atoms with Crippen LogP contribution in [-0.4, -0.2) is 22.2 Å². The van der Waals surface area contributed by atoms with Crippen LogP contribution in [0.4, 0.5) is 0 Å². The van der Waals surface area contributed by atoms with Gasteiger partial charge in [-0.25, -0.2) is 0 Å². The number of carbonyl (C=O) groups is 1. The summed E-state index contributed by atoms with van der Waals surface area (Å²) in [5.74, 6) is -0.0744. The van der Waals surface area contributed by atoms with E-state index in [2.05, 4.69) is 6.07 Å². The molecule has 0 fully saturated rings. The molecule has 1 aromatic heterocycles. The average molecular weight is 363 g/mol. The maximum absolute atomic E-state index is 12.9. The van der Waals surface area contributed by atoms with E-state index < -0.39 is 5.97 Å². The molecular formula is C22H21NO4. The first-order chi connectivity index (χ1) is 13.0. The number of aliphatic carboxylic acids is 1. The second-order valence-electron chi connectivity index (χ2n) is 7.03. The van der Waals surface area contributed by atoms with Crippen molar-refractivity contribution >= 4 is 16.7 Å². The molecule has 1 aliphatic heterocycles. The van der Waals surface area contributed by atoms with Crippen LogP contribution >= 0.6 is 0 Å². The Hall–Kier alpha value is -3.08. The Kier molecular flexibility index (Phi) is 4.22. The van der Waals surface area contributed by atoms with Crippen molar-refractivity contribution in [3.05, 3.63) is 63.6 Å². The lowest BCUT2D eigenvalue weighted by Crippen LogP contribution is -2.24. The molecule has 0 amide bonds.